The molecular weight excluding hydrogens is 262 g/mol. The Morgan fingerprint density at radius 2 is 1.87 bits per heavy atom. The topological polar surface area (TPSA) is 61.5 Å². The van der Waals surface area contributed by atoms with Gasteiger partial charge in [0.1, 0.15) is 0 Å². The van der Waals surface area contributed by atoms with E-state index in [1.54, 1.807) is 32.4 Å². The number of hydrogen-bond acceptors (Lipinski definition) is 3. The van der Waals surface area contributed by atoms with E-state index >= 15 is 0 Å². The third-order valence-corrected chi connectivity index (χ3v) is 1.83. The van der Waals surface area contributed by atoms with E-state index in [4.69, 9.17) is 15.2 Å². The predicted molar refractivity (Wildman–Crippen MR) is 62.8 cm³/mol. The summed E-state index contributed by atoms with van der Waals surface area (Å²) in [6, 6.07) is 5.27. The SMILES string of the molecule is Br.COc1ccc(CC(N)=O)cc1OC. The van der Waals surface area contributed by atoms with Gasteiger partial charge in [0.05, 0.1) is 20.6 Å². The number of nitrogens with two attached hydrogens (primary N) is 1. The predicted octanol–water partition coefficient (Wildman–Crippen LogP) is 1.31. The van der Waals surface area contributed by atoms with Crippen molar-refractivity contribution in [2.45, 2.75) is 6.42 Å². The molecule has 0 aliphatic carbocycles. The number of halogens is 1. The fourth-order valence-electron chi connectivity index (χ4n) is 1.19. The average Bonchev–Trinajstić information content (AvgIpc) is 2.16. The molecule has 0 heterocycles. The second kappa shape index (κ2) is 6.29. The fourth-order valence-corrected chi connectivity index (χ4v) is 1.19. The maximum atomic E-state index is 10.7. The van der Waals surface area contributed by atoms with E-state index < -0.39 is 0 Å². The van der Waals surface area contributed by atoms with Gasteiger partial charge >= 0.3 is 0 Å². The number of carbonyl (C=O) groups excluding carboxylic acids is 1. The molecule has 2 N–H and O–H groups in total. The number of rotatable bonds is 4. The highest BCUT2D eigenvalue weighted by Crippen LogP contribution is 2.27. The van der Waals surface area contributed by atoms with E-state index in [0.717, 1.165) is 5.56 Å². The third kappa shape index (κ3) is 3.79. The van der Waals surface area contributed by atoms with Crippen LogP contribution in [0.4, 0.5) is 0 Å². The first-order chi connectivity index (χ1) is 6.67. The van der Waals surface area contributed by atoms with Crippen molar-refractivity contribution in [3.63, 3.8) is 0 Å². The molecule has 5 heteroatoms. The van der Waals surface area contributed by atoms with Gasteiger partial charge in [0.25, 0.3) is 0 Å². The summed E-state index contributed by atoms with van der Waals surface area (Å²) in [6.07, 6.45) is 0.209. The lowest BCUT2D eigenvalue weighted by Crippen LogP contribution is -2.13. The quantitative estimate of drug-likeness (QED) is 0.901. The molecule has 15 heavy (non-hydrogen) atoms. The van der Waals surface area contributed by atoms with Crippen molar-refractivity contribution in [1.29, 1.82) is 0 Å². The molecule has 0 aromatic heterocycles. The number of primary amides is 1. The summed E-state index contributed by atoms with van der Waals surface area (Å²) < 4.78 is 10.1. The summed E-state index contributed by atoms with van der Waals surface area (Å²) in [4.78, 5) is 10.7. The zero-order valence-electron chi connectivity index (χ0n) is 8.65. The van der Waals surface area contributed by atoms with E-state index in [1.165, 1.54) is 0 Å². The molecule has 4 nitrogen and oxygen atoms in total. The molecule has 1 amide bonds. The molecule has 0 aliphatic heterocycles. The van der Waals surface area contributed by atoms with Crippen LogP contribution < -0.4 is 15.2 Å². The van der Waals surface area contributed by atoms with E-state index in [-0.39, 0.29) is 29.3 Å². The zero-order chi connectivity index (χ0) is 10.6. The summed E-state index contributed by atoms with van der Waals surface area (Å²) in [6.45, 7) is 0. The maximum absolute atomic E-state index is 10.7. The molecule has 1 rings (SSSR count). The van der Waals surface area contributed by atoms with Crippen molar-refractivity contribution in [2.24, 2.45) is 5.73 Å². The van der Waals surface area contributed by atoms with Gasteiger partial charge in [-0.05, 0) is 17.7 Å². The van der Waals surface area contributed by atoms with Gasteiger partial charge in [-0.3, -0.25) is 4.79 Å². The van der Waals surface area contributed by atoms with E-state index in [0.29, 0.717) is 11.5 Å². The monoisotopic (exact) mass is 275 g/mol. The second-order valence-electron chi connectivity index (χ2n) is 2.83. The van der Waals surface area contributed by atoms with Crippen molar-refractivity contribution in [2.75, 3.05) is 14.2 Å². The Morgan fingerprint density at radius 3 is 2.33 bits per heavy atom. The summed E-state index contributed by atoms with van der Waals surface area (Å²) in [5.41, 5.74) is 5.89. The highest BCUT2D eigenvalue weighted by molar-refractivity contribution is 8.93. The van der Waals surface area contributed by atoms with Crippen molar-refractivity contribution in [3.05, 3.63) is 23.8 Å². The van der Waals surface area contributed by atoms with E-state index in [2.05, 4.69) is 0 Å². The second-order valence-corrected chi connectivity index (χ2v) is 2.83. The van der Waals surface area contributed by atoms with Crippen LogP contribution in [0.15, 0.2) is 18.2 Å². The van der Waals surface area contributed by atoms with E-state index in [9.17, 15) is 4.79 Å². The maximum Gasteiger partial charge on any atom is 0.221 e. The van der Waals surface area contributed by atoms with Crippen LogP contribution in [0.2, 0.25) is 0 Å². The van der Waals surface area contributed by atoms with Crippen LogP contribution in [0.1, 0.15) is 5.56 Å². The Morgan fingerprint density at radius 1 is 1.27 bits per heavy atom. The minimum absolute atomic E-state index is 0. The van der Waals surface area contributed by atoms with Crippen molar-refractivity contribution in [1.82, 2.24) is 0 Å². The van der Waals surface area contributed by atoms with Gasteiger partial charge in [-0.15, -0.1) is 17.0 Å². The highest BCUT2D eigenvalue weighted by Gasteiger charge is 2.05. The van der Waals surface area contributed by atoms with Crippen LogP contribution in [-0.4, -0.2) is 20.1 Å². The van der Waals surface area contributed by atoms with Crippen LogP contribution in [0.25, 0.3) is 0 Å². The summed E-state index contributed by atoms with van der Waals surface area (Å²) in [5, 5.41) is 0. The van der Waals surface area contributed by atoms with Crippen molar-refractivity contribution >= 4 is 22.9 Å². The zero-order valence-corrected chi connectivity index (χ0v) is 10.4. The largest absolute Gasteiger partial charge is 0.493 e. The van der Waals surface area contributed by atoms with E-state index in [1.807, 2.05) is 0 Å². The van der Waals surface area contributed by atoms with Gasteiger partial charge in [-0.25, -0.2) is 0 Å². The highest BCUT2D eigenvalue weighted by atomic mass is 79.9. The summed E-state index contributed by atoms with van der Waals surface area (Å²) in [5.74, 6) is 0.879. The molecule has 0 unspecified atom stereocenters. The number of benzene rings is 1. The molecule has 0 spiro atoms. The molecule has 1 aromatic carbocycles. The van der Waals surface area contributed by atoms with Gasteiger partial charge in [-0.2, -0.15) is 0 Å². The summed E-state index contributed by atoms with van der Waals surface area (Å²) >= 11 is 0. The standard InChI is InChI=1S/C10H13NO3.BrH/c1-13-8-4-3-7(6-10(11)12)5-9(8)14-2;/h3-5H,6H2,1-2H3,(H2,11,12);1H. The smallest absolute Gasteiger partial charge is 0.221 e. The number of amides is 1. The molecule has 0 aliphatic rings. The van der Waals surface area contributed by atoms with Crippen molar-refractivity contribution < 1.29 is 14.3 Å². The number of hydrogen-bond donors (Lipinski definition) is 1. The lowest BCUT2D eigenvalue weighted by atomic mass is 10.1. The molecule has 84 valence electrons. The minimum atomic E-state index is -0.364. The number of carbonyl (C=O) groups is 1. The Bertz CT molecular complexity index is 341. The lowest BCUT2D eigenvalue weighted by molar-refractivity contribution is -0.117. The average molecular weight is 276 g/mol. The first-order valence-corrected chi connectivity index (χ1v) is 4.16. The molecular formula is C10H14BrNO3. The first-order valence-electron chi connectivity index (χ1n) is 4.16. The number of ether oxygens (including phenoxy) is 2. The molecule has 0 atom stereocenters. The number of methoxy groups -OCH3 is 2. The molecule has 1 aromatic rings. The molecule has 0 saturated heterocycles. The Labute approximate surface area is 99.1 Å². The van der Waals surface area contributed by atoms with Crippen LogP contribution >= 0.6 is 17.0 Å². The van der Waals surface area contributed by atoms with Crippen LogP contribution in [0, 0.1) is 0 Å². The van der Waals surface area contributed by atoms with Gasteiger partial charge in [0, 0.05) is 0 Å². The summed E-state index contributed by atoms with van der Waals surface area (Å²) in [7, 11) is 3.11. The van der Waals surface area contributed by atoms with Gasteiger partial charge in [0.15, 0.2) is 11.5 Å². The van der Waals surface area contributed by atoms with Crippen LogP contribution in [0.5, 0.6) is 11.5 Å². The Balaban J connectivity index is 0.00000196. The molecule has 0 fully saturated rings. The van der Waals surface area contributed by atoms with Gasteiger partial charge in [-0.1, -0.05) is 6.07 Å². The van der Waals surface area contributed by atoms with Crippen LogP contribution in [0.3, 0.4) is 0 Å². The Kier molecular flexibility index (Phi) is 5.77. The minimum Gasteiger partial charge on any atom is -0.493 e. The molecule has 0 saturated carbocycles. The Hall–Kier alpha value is -1.23. The van der Waals surface area contributed by atoms with Crippen molar-refractivity contribution in [3.8, 4) is 11.5 Å². The third-order valence-electron chi connectivity index (χ3n) is 1.83. The first kappa shape index (κ1) is 13.8. The lowest BCUT2D eigenvalue weighted by Gasteiger charge is -2.08. The molecule has 0 bridgehead atoms. The fraction of sp³-hybridized carbons (Fsp3) is 0.300. The molecule has 0 radical (unpaired) electrons. The van der Waals surface area contributed by atoms with Crippen LogP contribution in [-0.2, 0) is 11.2 Å². The normalized spacial score (nSPS) is 8.93. The van der Waals surface area contributed by atoms with Gasteiger partial charge in [0.2, 0.25) is 5.91 Å². The van der Waals surface area contributed by atoms with Gasteiger partial charge < -0.3 is 15.2 Å².